The van der Waals surface area contributed by atoms with E-state index in [0.717, 1.165) is 32.2 Å². The van der Waals surface area contributed by atoms with E-state index in [9.17, 15) is 9.59 Å². The summed E-state index contributed by atoms with van der Waals surface area (Å²) in [5.74, 6) is -0.124. The van der Waals surface area contributed by atoms with Crippen molar-refractivity contribution in [2.24, 2.45) is 0 Å². The third-order valence-corrected chi connectivity index (χ3v) is 7.49. The number of aryl methyl sites for hydroxylation is 1. The zero-order chi connectivity index (χ0) is 24.6. The minimum absolute atomic E-state index is 0.124. The lowest BCUT2D eigenvalue weighted by atomic mass is 10.1. The van der Waals surface area contributed by atoms with Gasteiger partial charge in [-0.25, -0.2) is 4.79 Å². The van der Waals surface area contributed by atoms with Crippen LogP contribution in [0, 0.1) is 6.92 Å². The van der Waals surface area contributed by atoms with Gasteiger partial charge in [0.2, 0.25) is 0 Å². The van der Waals surface area contributed by atoms with E-state index in [1.165, 1.54) is 82.0 Å². The van der Waals surface area contributed by atoms with Crippen LogP contribution in [0.3, 0.4) is 0 Å². The fourth-order valence-corrected chi connectivity index (χ4v) is 5.26. The van der Waals surface area contributed by atoms with Crippen LogP contribution in [0.25, 0.3) is 10.2 Å². The number of nitrogens with one attached hydrogen (secondary N) is 2. The molecule has 0 aliphatic carbocycles. The van der Waals surface area contributed by atoms with Crippen LogP contribution in [0.2, 0.25) is 0 Å². The molecule has 0 radical (unpaired) electrons. The maximum absolute atomic E-state index is 12.7. The van der Waals surface area contributed by atoms with Crippen LogP contribution in [-0.2, 0) is 0 Å². The van der Waals surface area contributed by atoms with Gasteiger partial charge in [0.15, 0.2) is 0 Å². The molecule has 2 rings (SSSR count). The Morgan fingerprint density at radius 1 is 0.824 bits per heavy atom. The first-order chi connectivity index (χ1) is 16.6. The van der Waals surface area contributed by atoms with Gasteiger partial charge in [0.25, 0.3) is 11.9 Å². The molecule has 0 spiro atoms. The Balaban J connectivity index is 1.77. The Morgan fingerprint density at radius 3 is 1.94 bits per heavy atom. The predicted molar refractivity (Wildman–Crippen MR) is 144 cm³/mol. The first-order valence-corrected chi connectivity index (χ1v) is 14.4. The van der Waals surface area contributed by atoms with Crippen molar-refractivity contribution in [3.8, 4) is 0 Å². The Bertz CT molecular complexity index is 906. The number of anilines is 1. The number of rotatable bonds is 19. The van der Waals surface area contributed by atoms with Crippen molar-refractivity contribution >= 4 is 33.5 Å². The van der Waals surface area contributed by atoms with E-state index in [4.69, 9.17) is 4.42 Å². The molecule has 1 amide bonds. The predicted octanol–water partition coefficient (Wildman–Crippen LogP) is 7.59. The van der Waals surface area contributed by atoms with Gasteiger partial charge in [-0.15, -0.1) is 11.3 Å². The Labute approximate surface area is 209 Å². The first kappa shape index (κ1) is 28.3. The van der Waals surface area contributed by atoms with E-state index < -0.39 is 5.63 Å². The number of amides is 1. The average Bonchev–Trinajstić information content (AvgIpc) is 3.16. The van der Waals surface area contributed by atoms with Gasteiger partial charge in [0.05, 0.1) is 4.88 Å². The molecule has 2 heterocycles. The highest BCUT2D eigenvalue weighted by atomic mass is 32.1. The van der Waals surface area contributed by atoms with Gasteiger partial charge in [0.1, 0.15) is 10.2 Å². The van der Waals surface area contributed by atoms with Crippen molar-refractivity contribution in [2.75, 3.05) is 18.4 Å². The molecule has 2 N–H and O–H groups in total. The van der Waals surface area contributed by atoms with Crippen LogP contribution in [0.4, 0.5) is 6.01 Å². The molecule has 0 aliphatic rings. The SMILES string of the molecule is CCCCCCCCCCCNC(=O)c1sc2nc(NCCCCCCCC)oc(=O)c2c1C. The number of hydrogen-bond acceptors (Lipinski definition) is 6. The summed E-state index contributed by atoms with van der Waals surface area (Å²) in [6.45, 7) is 7.64. The molecule has 0 fully saturated rings. The summed E-state index contributed by atoms with van der Waals surface area (Å²) in [6, 6.07) is 0.244. The summed E-state index contributed by atoms with van der Waals surface area (Å²) in [7, 11) is 0. The van der Waals surface area contributed by atoms with Gasteiger partial charge in [-0.2, -0.15) is 4.98 Å². The zero-order valence-corrected chi connectivity index (χ0v) is 22.4. The van der Waals surface area contributed by atoms with E-state index in [1.807, 2.05) is 0 Å². The number of unbranched alkanes of at least 4 members (excludes halogenated alkanes) is 13. The minimum atomic E-state index is -0.429. The second-order valence-corrected chi connectivity index (χ2v) is 10.3. The third-order valence-electron chi connectivity index (χ3n) is 6.30. The Hall–Kier alpha value is -1.89. The van der Waals surface area contributed by atoms with Gasteiger partial charge in [-0.05, 0) is 25.3 Å². The quantitative estimate of drug-likeness (QED) is 0.198. The summed E-state index contributed by atoms with van der Waals surface area (Å²) in [6.07, 6.45) is 18.5. The monoisotopic (exact) mass is 491 g/mol. The molecule has 0 unspecified atom stereocenters. The van der Waals surface area contributed by atoms with E-state index in [-0.39, 0.29) is 11.9 Å². The Kier molecular flexibility index (Phi) is 13.9. The molecule has 0 aliphatic heterocycles. The maximum atomic E-state index is 12.7. The van der Waals surface area contributed by atoms with Crippen molar-refractivity contribution in [3.63, 3.8) is 0 Å². The van der Waals surface area contributed by atoms with Gasteiger partial charge < -0.3 is 15.1 Å². The standard InChI is InChI=1S/C27H45N3O3S/c1-4-6-8-10-12-13-14-16-17-19-28-24(31)23-21(3)22-25(34-23)30-27(33-26(22)32)29-20-18-15-11-9-7-5-2/h4-20H2,1-3H3,(H,28,31)(H,29,30). The lowest BCUT2D eigenvalue weighted by Crippen LogP contribution is -2.24. The molecule has 192 valence electrons. The minimum Gasteiger partial charge on any atom is -0.389 e. The van der Waals surface area contributed by atoms with Crippen LogP contribution in [-0.4, -0.2) is 24.0 Å². The fraction of sp³-hybridized carbons (Fsp3) is 0.741. The molecule has 0 atom stereocenters. The van der Waals surface area contributed by atoms with E-state index in [2.05, 4.69) is 29.5 Å². The van der Waals surface area contributed by atoms with Gasteiger partial charge in [0, 0.05) is 13.1 Å². The molecule has 7 heteroatoms. The molecule has 2 aromatic heterocycles. The number of hydrogen-bond donors (Lipinski definition) is 2. The summed E-state index contributed by atoms with van der Waals surface area (Å²) in [5.41, 5.74) is 0.232. The van der Waals surface area contributed by atoms with E-state index in [0.29, 0.717) is 27.2 Å². The van der Waals surface area contributed by atoms with Gasteiger partial charge >= 0.3 is 5.63 Å². The number of carbonyl (C=O) groups excluding carboxylic acids is 1. The fourth-order valence-electron chi connectivity index (χ4n) is 4.18. The van der Waals surface area contributed by atoms with Crippen molar-refractivity contribution < 1.29 is 9.21 Å². The first-order valence-electron chi connectivity index (χ1n) is 13.5. The van der Waals surface area contributed by atoms with Crippen LogP contribution < -0.4 is 16.3 Å². The average molecular weight is 492 g/mol. The number of thiophene rings is 1. The molecule has 6 nitrogen and oxygen atoms in total. The molecular formula is C27H45N3O3S. The maximum Gasteiger partial charge on any atom is 0.349 e. The molecule has 0 aromatic carbocycles. The van der Waals surface area contributed by atoms with Crippen LogP contribution in [0.15, 0.2) is 9.21 Å². The highest BCUT2D eigenvalue weighted by Crippen LogP contribution is 2.28. The molecule has 2 aromatic rings. The number of fused-ring (bicyclic) bond motifs is 1. The van der Waals surface area contributed by atoms with Crippen molar-refractivity contribution in [2.45, 2.75) is 117 Å². The van der Waals surface area contributed by atoms with Crippen molar-refractivity contribution in [1.29, 1.82) is 0 Å². The lowest BCUT2D eigenvalue weighted by Gasteiger charge is -2.05. The normalized spacial score (nSPS) is 11.3. The summed E-state index contributed by atoms with van der Waals surface area (Å²) in [5, 5.41) is 6.56. The van der Waals surface area contributed by atoms with Crippen LogP contribution in [0.5, 0.6) is 0 Å². The summed E-state index contributed by atoms with van der Waals surface area (Å²) < 4.78 is 5.37. The van der Waals surface area contributed by atoms with Crippen LogP contribution in [0.1, 0.15) is 125 Å². The van der Waals surface area contributed by atoms with Crippen molar-refractivity contribution in [1.82, 2.24) is 10.3 Å². The second-order valence-electron chi connectivity index (χ2n) is 9.32. The molecule has 0 bridgehead atoms. The Morgan fingerprint density at radius 2 is 1.35 bits per heavy atom. The van der Waals surface area contributed by atoms with E-state index in [1.54, 1.807) is 6.92 Å². The second kappa shape index (κ2) is 16.7. The highest BCUT2D eigenvalue weighted by molar-refractivity contribution is 7.20. The zero-order valence-electron chi connectivity index (χ0n) is 21.6. The van der Waals surface area contributed by atoms with Gasteiger partial charge in [-0.1, -0.05) is 97.3 Å². The molecule has 0 saturated carbocycles. The number of nitrogens with zero attached hydrogens (tertiary/aromatic N) is 1. The molecule has 0 saturated heterocycles. The smallest absolute Gasteiger partial charge is 0.349 e. The van der Waals surface area contributed by atoms with Crippen LogP contribution >= 0.6 is 11.3 Å². The topological polar surface area (TPSA) is 84.2 Å². The third kappa shape index (κ3) is 9.77. The van der Waals surface area contributed by atoms with Crippen molar-refractivity contribution in [3.05, 3.63) is 20.9 Å². The molecule has 34 heavy (non-hydrogen) atoms. The lowest BCUT2D eigenvalue weighted by molar-refractivity contribution is 0.0956. The summed E-state index contributed by atoms with van der Waals surface area (Å²) in [4.78, 5) is 30.8. The highest BCUT2D eigenvalue weighted by Gasteiger charge is 2.20. The summed E-state index contributed by atoms with van der Waals surface area (Å²) >= 11 is 1.27. The van der Waals surface area contributed by atoms with E-state index >= 15 is 0 Å². The number of aromatic nitrogens is 1. The van der Waals surface area contributed by atoms with Gasteiger partial charge in [-0.3, -0.25) is 4.79 Å². The largest absolute Gasteiger partial charge is 0.389 e. The molecular weight excluding hydrogens is 446 g/mol. The number of carbonyl (C=O) groups is 1.